The van der Waals surface area contributed by atoms with Gasteiger partial charge >= 0.3 is 0 Å². The highest BCUT2D eigenvalue weighted by Crippen LogP contribution is 2.35. The number of hydrogen-bond acceptors (Lipinski definition) is 7. The Kier molecular flexibility index (Phi) is 8.69. The Morgan fingerprint density at radius 1 is 1.03 bits per heavy atom. The average molecular weight is 542 g/mol. The molecule has 0 atom stereocenters. The minimum Gasteiger partial charge on any atom is -0.490 e. The summed E-state index contributed by atoms with van der Waals surface area (Å²) in [7, 11) is 0. The number of anilines is 1. The van der Waals surface area contributed by atoms with Crippen LogP contribution in [0.2, 0.25) is 0 Å². The summed E-state index contributed by atoms with van der Waals surface area (Å²) in [6, 6.07) is 20.0. The van der Waals surface area contributed by atoms with Crippen molar-refractivity contribution in [1.29, 1.82) is 5.26 Å². The molecular weight excluding hydrogens is 514 g/mol. The highest BCUT2D eigenvalue weighted by Gasteiger charge is 2.36. The maximum absolute atomic E-state index is 13.0. The maximum atomic E-state index is 13.0. The van der Waals surface area contributed by atoms with Crippen LogP contribution in [0.3, 0.4) is 0 Å². The Labute approximate surface area is 231 Å². The number of amides is 3. The third-order valence-electron chi connectivity index (χ3n) is 6.05. The fourth-order valence-electron chi connectivity index (χ4n) is 3.86. The fourth-order valence-corrected chi connectivity index (χ4v) is 4.70. The number of rotatable bonds is 9. The van der Waals surface area contributed by atoms with E-state index < -0.39 is 17.1 Å². The highest BCUT2D eigenvalue weighted by atomic mass is 32.2. The largest absolute Gasteiger partial charge is 0.490 e. The molecule has 4 rings (SSSR count). The van der Waals surface area contributed by atoms with E-state index in [1.54, 1.807) is 42.5 Å². The van der Waals surface area contributed by atoms with E-state index in [-0.39, 0.29) is 18.1 Å². The molecule has 0 saturated carbocycles. The van der Waals surface area contributed by atoms with E-state index in [0.717, 1.165) is 33.4 Å². The zero-order valence-electron chi connectivity index (χ0n) is 21.8. The lowest BCUT2D eigenvalue weighted by molar-refractivity contribution is -0.127. The zero-order valence-corrected chi connectivity index (χ0v) is 22.6. The van der Waals surface area contributed by atoms with Gasteiger partial charge in [-0.15, -0.1) is 0 Å². The molecule has 0 aromatic heterocycles. The van der Waals surface area contributed by atoms with Gasteiger partial charge in [-0.2, -0.15) is 5.26 Å². The minimum atomic E-state index is -0.536. The average Bonchev–Trinajstić information content (AvgIpc) is 3.17. The van der Waals surface area contributed by atoms with Crippen LogP contribution in [0, 0.1) is 25.2 Å². The fraction of sp³-hybridized carbons (Fsp3) is 0.200. The molecule has 1 fully saturated rings. The molecule has 39 heavy (non-hydrogen) atoms. The van der Waals surface area contributed by atoms with Crippen LogP contribution in [0.25, 0.3) is 6.08 Å². The zero-order chi connectivity index (χ0) is 27.9. The van der Waals surface area contributed by atoms with E-state index in [0.29, 0.717) is 34.9 Å². The van der Waals surface area contributed by atoms with E-state index in [1.165, 1.54) is 0 Å². The van der Waals surface area contributed by atoms with Crippen LogP contribution < -0.4 is 14.8 Å². The van der Waals surface area contributed by atoms with Gasteiger partial charge < -0.3 is 14.8 Å². The molecule has 0 unspecified atom stereocenters. The quantitative estimate of drug-likeness (QED) is 0.340. The molecule has 1 saturated heterocycles. The van der Waals surface area contributed by atoms with Gasteiger partial charge in [0.2, 0.25) is 5.91 Å². The summed E-state index contributed by atoms with van der Waals surface area (Å²) in [6.07, 6.45) is 1.59. The standard InChI is InChI=1S/C30H27N3O5S/c1-4-37-26-14-21(10-12-25(26)38-18-23-8-6-5-7-22(23)16-31)15-27-29(35)33(30(36)39-27)17-28(34)32-24-11-9-19(2)20(3)13-24/h5-15H,4,17-18H2,1-3H3,(H,32,34)/b27-15+. The molecule has 3 aromatic carbocycles. The van der Waals surface area contributed by atoms with Crippen molar-refractivity contribution in [3.63, 3.8) is 0 Å². The number of carbonyl (C=O) groups excluding carboxylic acids is 3. The predicted octanol–water partition coefficient (Wildman–Crippen LogP) is 5.83. The van der Waals surface area contributed by atoms with Gasteiger partial charge in [0.05, 0.1) is 23.1 Å². The normalized spacial score (nSPS) is 13.9. The van der Waals surface area contributed by atoms with E-state index in [4.69, 9.17) is 9.47 Å². The molecular formula is C30H27N3O5S. The molecule has 1 aliphatic heterocycles. The van der Waals surface area contributed by atoms with Gasteiger partial charge in [0.25, 0.3) is 11.1 Å². The molecule has 198 valence electrons. The summed E-state index contributed by atoms with van der Waals surface area (Å²) in [4.78, 5) is 39.2. The van der Waals surface area contributed by atoms with E-state index in [9.17, 15) is 19.6 Å². The van der Waals surface area contributed by atoms with Gasteiger partial charge in [-0.25, -0.2) is 0 Å². The van der Waals surface area contributed by atoms with E-state index in [2.05, 4.69) is 11.4 Å². The molecule has 8 nitrogen and oxygen atoms in total. The molecule has 3 amide bonds. The number of nitrogens with zero attached hydrogens (tertiary/aromatic N) is 2. The lowest BCUT2D eigenvalue weighted by Gasteiger charge is -2.14. The minimum absolute atomic E-state index is 0.187. The summed E-state index contributed by atoms with van der Waals surface area (Å²) >= 11 is 0.780. The molecule has 0 radical (unpaired) electrons. The first-order valence-electron chi connectivity index (χ1n) is 12.3. The Morgan fingerprint density at radius 2 is 1.82 bits per heavy atom. The van der Waals surface area contributed by atoms with Gasteiger partial charge in [0.15, 0.2) is 11.5 Å². The van der Waals surface area contributed by atoms with Crippen LogP contribution in [-0.4, -0.2) is 35.1 Å². The summed E-state index contributed by atoms with van der Waals surface area (Å²) in [5.74, 6) is -0.0444. The molecule has 1 N–H and O–H groups in total. The SMILES string of the molecule is CCOc1cc(/C=C2/SC(=O)N(CC(=O)Nc3ccc(C)c(C)c3)C2=O)ccc1OCc1ccccc1C#N. The Bertz CT molecular complexity index is 1510. The predicted molar refractivity (Wildman–Crippen MR) is 150 cm³/mol. The summed E-state index contributed by atoms with van der Waals surface area (Å²) in [5.41, 5.74) is 4.64. The van der Waals surface area contributed by atoms with Gasteiger partial charge in [-0.3, -0.25) is 19.3 Å². The smallest absolute Gasteiger partial charge is 0.294 e. The summed E-state index contributed by atoms with van der Waals surface area (Å²) < 4.78 is 11.7. The number of benzene rings is 3. The van der Waals surface area contributed by atoms with E-state index in [1.807, 2.05) is 45.0 Å². The number of nitriles is 1. The van der Waals surface area contributed by atoms with Crippen molar-refractivity contribution in [3.8, 4) is 17.6 Å². The van der Waals surface area contributed by atoms with Crippen LogP contribution in [0.1, 0.15) is 34.7 Å². The molecule has 3 aromatic rings. The van der Waals surface area contributed by atoms with Crippen LogP contribution in [0.4, 0.5) is 10.5 Å². The Balaban J connectivity index is 1.46. The number of nitrogens with one attached hydrogen (secondary N) is 1. The third kappa shape index (κ3) is 6.67. The highest BCUT2D eigenvalue weighted by molar-refractivity contribution is 8.18. The first kappa shape index (κ1) is 27.5. The summed E-state index contributed by atoms with van der Waals surface area (Å²) in [5, 5.41) is 11.5. The van der Waals surface area contributed by atoms with Crippen LogP contribution in [0.15, 0.2) is 65.6 Å². The number of thioether (sulfide) groups is 1. The maximum Gasteiger partial charge on any atom is 0.294 e. The number of carbonyl (C=O) groups is 3. The molecule has 9 heteroatoms. The van der Waals surface area contributed by atoms with Crippen LogP contribution >= 0.6 is 11.8 Å². The Hall–Kier alpha value is -4.55. The first-order valence-corrected chi connectivity index (χ1v) is 13.1. The lowest BCUT2D eigenvalue weighted by atomic mass is 10.1. The number of imide groups is 1. The lowest BCUT2D eigenvalue weighted by Crippen LogP contribution is -2.36. The Morgan fingerprint density at radius 3 is 2.56 bits per heavy atom. The van der Waals surface area contributed by atoms with Crippen molar-refractivity contribution in [2.24, 2.45) is 0 Å². The third-order valence-corrected chi connectivity index (χ3v) is 6.96. The monoisotopic (exact) mass is 541 g/mol. The van der Waals surface area contributed by atoms with Crippen LogP contribution in [0.5, 0.6) is 11.5 Å². The second-order valence-corrected chi connectivity index (χ2v) is 9.81. The molecule has 1 aliphatic rings. The molecule has 1 heterocycles. The van der Waals surface area contributed by atoms with Gasteiger partial charge in [0.1, 0.15) is 13.2 Å². The first-order chi connectivity index (χ1) is 18.8. The number of ether oxygens (including phenoxy) is 2. The molecule has 0 bridgehead atoms. The molecule has 0 spiro atoms. The number of hydrogen-bond donors (Lipinski definition) is 1. The van der Waals surface area contributed by atoms with Crippen molar-refractivity contribution < 1.29 is 23.9 Å². The number of aryl methyl sites for hydroxylation is 2. The van der Waals surface area contributed by atoms with Crippen molar-refractivity contribution in [2.45, 2.75) is 27.4 Å². The topological polar surface area (TPSA) is 109 Å². The second kappa shape index (κ2) is 12.3. The van der Waals surface area contributed by atoms with Gasteiger partial charge in [0, 0.05) is 11.3 Å². The van der Waals surface area contributed by atoms with Crippen molar-refractivity contribution in [1.82, 2.24) is 4.90 Å². The summed E-state index contributed by atoms with van der Waals surface area (Å²) in [6.45, 7) is 5.95. The van der Waals surface area contributed by atoms with E-state index >= 15 is 0 Å². The van der Waals surface area contributed by atoms with Crippen molar-refractivity contribution in [3.05, 3.63) is 93.4 Å². The van der Waals surface area contributed by atoms with Crippen molar-refractivity contribution >= 4 is 40.6 Å². The second-order valence-electron chi connectivity index (χ2n) is 8.81. The molecule has 0 aliphatic carbocycles. The van der Waals surface area contributed by atoms with Crippen molar-refractivity contribution in [2.75, 3.05) is 18.5 Å². The van der Waals surface area contributed by atoms with Crippen LogP contribution in [-0.2, 0) is 16.2 Å². The van der Waals surface area contributed by atoms with Gasteiger partial charge in [-0.1, -0.05) is 30.3 Å². The van der Waals surface area contributed by atoms with Gasteiger partial charge in [-0.05, 0) is 85.6 Å².